The number of fused-ring (bicyclic) bond motifs is 2. The molecule has 1 fully saturated rings. The monoisotopic (exact) mass is 505 g/mol. The summed E-state index contributed by atoms with van der Waals surface area (Å²) in [6, 6.07) is 21.1. The Labute approximate surface area is 211 Å². The maximum atomic E-state index is 13.3. The molecule has 1 atom stereocenters. The highest BCUT2D eigenvalue weighted by atomic mass is 32.2. The predicted octanol–water partition coefficient (Wildman–Crippen LogP) is 2.33. The fraction of sp³-hybridized carbons (Fsp3) is 0.296. The standard InChI is InChI=1S/C27H31N5O3S/c33-27(29-12-11-23-19-30-25-8-4-3-7-24(23)25)26(31-36(34,35)32-15-13-28-14-16-32)18-20-9-10-21-5-1-2-6-22(21)17-20/h1-10,17,19,26,28,30-31H,11-16,18H2,(H,29,33)/t26-/m1/s1. The minimum absolute atomic E-state index is 0.259. The quantitative estimate of drug-likeness (QED) is 0.280. The van der Waals surface area contributed by atoms with Crippen LogP contribution in [0, 0.1) is 0 Å². The second-order valence-electron chi connectivity index (χ2n) is 9.11. The number of hydrogen-bond donors (Lipinski definition) is 4. The van der Waals surface area contributed by atoms with Gasteiger partial charge in [-0.2, -0.15) is 17.4 Å². The number of nitrogens with zero attached hydrogens (tertiary/aromatic N) is 1. The SMILES string of the molecule is O=C(NCCc1c[nH]c2ccccc12)[C@@H](Cc1ccc2ccccc2c1)NS(=O)(=O)N1CCNCC1. The number of benzene rings is 3. The first kappa shape index (κ1) is 24.5. The van der Waals surface area contributed by atoms with Crippen molar-refractivity contribution in [1.29, 1.82) is 0 Å². The van der Waals surface area contributed by atoms with Gasteiger partial charge < -0.3 is 15.6 Å². The first-order chi connectivity index (χ1) is 17.5. The molecule has 36 heavy (non-hydrogen) atoms. The van der Waals surface area contributed by atoms with Crippen molar-refractivity contribution in [2.75, 3.05) is 32.7 Å². The van der Waals surface area contributed by atoms with E-state index in [1.165, 1.54) is 4.31 Å². The molecule has 0 aliphatic carbocycles. The summed E-state index contributed by atoms with van der Waals surface area (Å²) in [5, 5.41) is 9.39. The number of amides is 1. The number of para-hydroxylation sites is 1. The molecule has 9 heteroatoms. The Morgan fingerprint density at radius 1 is 0.972 bits per heavy atom. The van der Waals surface area contributed by atoms with E-state index in [4.69, 9.17) is 0 Å². The lowest BCUT2D eigenvalue weighted by molar-refractivity contribution is -0.122. The van der Waals surface area contributed by atoms with Gasteiger partial charge in [-0.05, 0) is 40.8 Å². The molecule has 1 aliphatic rings. The van der Waals surface area contributed by atoms with Crippen molar-refractivity contribution in [2.45, 2.75) is 18.9 Å². The molecule has 0 saturated carbocycles. The highest BCUT2D eigenvalue weighted by Crippen LogP contribution is 2.19. The second-order valence-corrected chi connectivity index (χ2v) is 10.8. The second kappa shape index (κ2) is 10.8. The number of carbonyl (C=O) groups is 1. The van der Waals surface area contributed by atoms with Crippen molar-refractivity contribution in [3.63, 3.8) is 0 Å². The Bertz CT molecular complexity index is 1460. The maximum absolute atomic E-state index is 13.3. The summed E-state index contributed by atoms with van der Waals surface area (Å²) in [7, 11) is -3.81. The fourth-order valence-electron chi connectivity index (χ4n) is 4.71. The highest BCUT2D eigenvalue weighted by Gasteiger charge is 2.30. The third kappa shape index (κ3) is 5.60. The van der Waals surface area contributed by atoms with Crippen LogP contribution in [0.2, 0.25) is 0 Å². The smallest absolute Gasteiger partial charge is 0.280 e. The molecule has 2 heterocycles. The zero-order valence-electron chi connectivity index (χ0n) is 20.0. The minimum atomic E-state index is -3.81. The summed E-state index contributed by atoms with van der Waals surface area (Å²) in [5.41, 5.74) is 3.06. The van der Waals surface area contributed by atoms with Gasteiger partial charge in [0.15, 0.2) is 0 Å². The Balaban J connectivity index is 1.31. The van der Waals surface area contributed by atoms with Crippen LogP contribution in [-0.4, -0.2) is 62.4 Å². The minimum Gasteiger partial charge on any atom is -0.361 e. The van der Waals surface area contributed by atoms with E-state index in [0.29, 0.717) is 39.1 Å². The summed E-state index contributed by atoms with van der Waals surface area (Å²) in [4.78, 5) is 16.5. The van der Waals surface area contributed by atoms with Gasteiger partial charge in [-0.15, -0.1) is 0 Å². The summed E-state index contributed by atoms with van der Waals surface area (Å²) < 4.78 is 30.3. The van der Waals surface area contributed by atoms with Gasteiger partial charge in [0, 0.05) is 49.8 Å². The van der Waals surface area contributed by atoms with Crippen molar-refractivity contribution in [1.82, 2.24) is 24.6 Å². The lowest BCUT2D eigenvalue weighted by atomic mass is 10.0. The van der Waals surface area contributed by atoms with Crippen molar-refractivity contribution in [3.8, 4) is 0 Å². The first-order valence-electron chi connectivity index (χ1n) is 12.3. The van der Waals surface area contributed by atoms with Gasteiger partial charge >= 0.3 is 0 Å². The Kier molecular flexibility index (Phi) is 7.33. The Morgan fingerprint density at radius 2 is 1.72 bits per heavy atom. The molecule has 0 unspecified atom stereocenters. The van der Waals surface area contributed by atoms with Crippen molar-refractivity contribution >= 4 is 37.8 Å². The topological polar surface area (TPSA) is 106 Å². The van der Waals surface area contributed by atoms with Crippen LogP contribution < -0.4 is 15.4 Å². The van der Waals surface area contributed by atoms with E-state index in [0.717, 1.165) is 32.8 Å². The summed E-state index contributed by atoms with van der Waals surface area (Å²) >= 11 is 0. The zero-order chi connectivity index (χ0) is 25.0. The van der Waals surface area contributed by atoms with Crippen LogP contribution in [0.5, 0.6) is 0 Å². The van der Waals surface area contributed by atoms with Gasteiger partial charge in [0.25, 0.3) is 10.2 Å². The molecule has 0 radical (unpaired) electrons. The molecule has 5 rings (SSSR count). The third-order valence-electron chi connectivity index (χ3n) is 6.65. The van der Waals surface area contributed by atoms with Gasteiger partial charge in [-0.3, -0.25) is 4.79 Å². The summed E-state index contributed by atoms with van der Waals surface area (Å²) in [5.74, 6) is -0.332. The van der Waals surface area contributed by atoms with Crippen molar-refractivity contribution < 1.29 is 13.2 Å². The van der Waals surface area contributed by atoms with Crippen LogP contribution in [0.25, 0.3) is 21.7 Å². The van der Waals surface area contributed by atoms with E-state index in [-0.39, 0.29) is 12.3 Å². The number of piperazine rings is 1. The number of H-pyrrole nitrogens is 1. The largest absolute Gasteiger partial charge is 0.361 e. The van der Waals surface area contributed by atoms with Crippen molar-refractivity contribution in [3.05, 3.63) is 84.1 Å². The van der Waals surface area contributed by atoms with Crippen molar-refractivity contribution in [2.24, 2.45) is 0 Å². The predicted molar refractivity (Wildman–Crippen MR) is 143 cm³/mol. The lowest BCUT2D eigenvalue weighted by Gasteiger charge is -2.29. The average molecular weight is 506 g/mol. The third-order valence-corrected chi connectivity index (χ3v) is 8.27. The van der Waals surface area contributed by atoms with Gasteiger partial charge in [-0.1, -0.05) is 60.7 Å². The Hall–Kier alpha value is -3.24. The lowest BCUT2D eigenvalue weighted by Crippen LogP contribution is -2.56. The van der Waals surface area contributed by atoms with E-state index < -0.39 is 16.3 Å². The molecular formula is C27H31N5O3S. The summed E-state index contributed by atoms with van der Waals surface area (Å²) in [6.45, 7) is 2.34. The molecule has 1 saturated heterocycles. The molecule has 0 spiro atoms. The number of hydrogen-bond acceptors (Lipinski definition) is 4. The highest BCUT2D eigenvalue weighted by molar-refractivity contribution is 7.87. The normalized spacial score (nSPS) is 15.8. The van der Waals surface area contributed by atoms with Gasteiger partial charge in [0.1, 0.15) is 6.04 Å². The molecule has 1 aromatic heterocycles. The first-order valence-corrected chi connectivity index (χ1v) is 13.7. The van der Waals surface area contributed by atoms with Gasteiger partial charge in [0.05, 0.1) is 0 Å². The van der Waals surface area contributed by atoms with E-state index in [1.54, 1.807) is 0 Å². The molecule has 188 valence electrons. The van der Waals surface area contributed by atoms with Crippen LogP contribution >= 0.6 is 0 Å². The molecule has 4 N–H and O–H groups in total. The van der Waals surface area contributed by atoms with Gasteiger partial charge in [0.2, 0.25) is 5.91 Å². The average Bonchev–Trinajstić information content (AvgIpc) is 3.31. The van der Waals surface area contributed by atoms with Crippen LogP contribution in [-0.2, 0) is 27.8 Å². The van der Waals surface area contributed by atoms with E-state index in [9.17, 15) is 13.2 Å². The van der Waals surface area contributed by atoms with E-state index in [2.05, 4.69) is 20.3 Å². The number of rotatable bonds is 9. The van der Waals surface area contributed by atoms with Gasteiger partial charge in [-0.25, -0.2) is 0 Å². The van der Waals surface area contributed by atoms with Crippen LogP contribution in [0.15, 0.2) is 72.9 Å². The number of aromatic nitrogens is 1. The number of nitrogens with one attached hydrogen (secondary N) is 4. The zero-order valence-corrected chi connectivity index (χ0v) is 20.9. The van der Waals surface area contributed by atoms with Crippen LogP contribution in [0.4, 0.5) is 0 Å². The van der Waals surface area contributed by atoms with E-state index in [1.807, 2.05) is 72.9 Å². The number of carbonyl (C=O) groups excluding carboxylic acids is 1. The van der Waals surface area contributed by atoms with E-state index >= 15 is 0 Å². The fourth-order valence-corrected chi connectivity index (χ4v) is 6.07. The molecule has 0 bridgehead atoms. The van der Waals surface area contributed by atoms with Crippen LogP contribution in [0.1, 0.15) is 11.1 Å². The van der Waals surface area contributed by atoms with Crippen LogP contribution in [0.3, 0.4) is 0 Å². The maximum Gasteiger partial charge on any atom is 0.280 e. The molecule has 8 nitrogen and oxygen atoms in total. The molecule has 3 aromatic carbocycles. The molecular weight excluding hydrogens is 474 g/mol. The Morgan fingerprint density at radius 3 is 2.56 bits per heavy atom. The molecule has 4 aromatic rings. The molecule has 1 aliphatic heterocycles. The number of aromatic amines is 1. The summed E-state index contributed by atoms with van der Waals surface area (Å²) in [6.07, 6.45) is 2.86. The molecule has 1 amide bonds.